The predicted octanol–water partition coefficient (Wildman–Crippen LogP) is 5.30. The zero-order valence-corrected chi connectivity index (χ0v) is 15.8. The SMILES string of the molecule is O=C(Nc1cc(Cl)cc(Cl)c1)N1CC(=O)N(c2cc(Cl)cc(Cl)c2)C1=O. The summed E-state index contributed by atoms with van der Waals surface area (Å²) in [6.07, 6.45) is 0. The lowest BCUT2D eigenvalue weighted by Crippen LogP contribution is -2.39. The summed E-state index contributed by atoms with van der Waals surface area (Å²) in [6, 6.07) is 7.07. The van der Waals surface area contributed by atoms with Crippen molar-refractivity contribution in [1.82, 2.24) is 4.90 Å². The van der Waals surface area contributed by atoms with Crippen LogP contribution in [0.4, 0.5) is 21.0 Å². The molecule has 0 bridgehead atoms. The van der Waals surface area contributed by atoms with Crippen LogP contribution in [0.2, 0.25) is 20.1 Å². The van der Waals surface area contributed by atoms with Gasteiger partial charge in [-0.2, -0.15) is 0 Å². The number of halogens is 4. The number of urea groups is 2. The van der Waals surface area contributed by atoms with Crippen LogP contribution < -0.4 is 10.2 Å². The summed E-state index contributed by atoms with van der Waals surface area (Å²) < 4.78 is 0. The Labute approximate surface area is 168 Å². The van der Waals surface area contributed by atoms with Crippen LogP contribution in [0.3, 0.4) is 0 Å². The minimum Gasteiger partial charge on any atom is -0.307 e. The summed E-state index contributed by atoms with van der Waals surface area (Å²) in [5.74, 6) is -0.590. The quantitative estimate of drug-likeness (QED) is 0.654. The molecular weight excluding hydrogens is 424 g/mol. The Kier molecular flexibility index (Phi) is 5.29. The standard InChI is InChI=1S/C16H9Cl4N3O3/c17-8-1-9(18)4-12(3-8)21-15(25)22-7-14(24)23(16(22)26)13-5-10(19)2-11(20)6-13/h1-6H,7H2,(H,21,25). The van der Waals surface area contributed by atoms with Crippen LogP contribution in [0.25, 0.3) is 0 Å². The van der Waals surface area contributed by atoms with E-state index < -0.39 is 24.5 Å². The fourth-order valence-electron chi connectivity index (χ4n) is 2.40. The number of anilines is 2. The number of nitrogens with zero attached hydrogens (tertiary/aromatic N) is 2. The van der Waals surface area contributed by atoms with E-state index in [-0.39, 0.29) is 21.4 Å². The molecular formula is C16H9Cl4N3O3. The van der Waals surface area contributed by atoms with Gasteiger partial charge in [-0.1, -0.05) is 46.4 Å². The van der Waals surface area contributed by atoms with Gasteiger partial charge in [-0.25, -0.2) is 19.4 Å². The van der Waals surface area contributed by atoms with Crippen molar-refractivity contribution >= 4 is 75.7 Å². The minimum atomic E-state index is -0.820. The highest BCUT2D eigenvalue weighted by Gasteiger charge is 2.41. The highest BCUT2D eigenvalue weighted by atomic mass is 35.5. The van der Waals surface area contributed by atoms with Gasteiger partial charge in [-0.3, -0.25) is 4.79 Å². The zero-order chi connectivity index (χ0) is 19.0. The molecule has 5 amide bonds. The molecule has 0 aliphatic carbocycles. The molecule has 10 heteroatoms. The number of carbonyl (C=O) groups is 3. The van der Waals surface area contributed by atoms with E-state index in [9.17, 15) is 14.4 Å². The maximum Gasteiger partial charge on any atom is 0.340 e. The van der Waals surface area contributed by atoms with Gasteiger partial charge < -0.3 is 5.32 Å². The zero-order valence-electron chi connectivity index (χ0n) is 12.8. The molecule has 2 aromatic rings. The van der Waals surface area contributed by atoms with Gasteiger partial charge in [-0.15, -0.1) is 0 Å². The Hall–Kier alpha value is -1.99. The number of imide groups is 2. The van der Waals surface area contributed by atoms with E-state index in [2.05, 4.69) is 5.32 Å². The van der Waals surface area contributed by atoms with E-state index in [1.165, 1.54) is 36.4 Å². The topological polar surface area (TPSA) is 69.7 Å². The third-order valence-corrected chi connectivity index (χ3v) is 4.30. The van der Waals surface area contributed by atoms with E-state index in [4.69, 9.17) is 46.4 Å². The van der Waals surface area contributed by atoms with Crippen molar-refractivity contribution in [3.63, 3.8) is 0 Å². The molecule has 1 aliphatic heterocycles. The largest absolute Gasteiger partial charge is 0.340 e. The number of amides is 5. The molecule has 134 valence electrons. The van der Waals surface area contributed by atoms with Gasteiger partial charge in [0.25, 0.3) is 5.91 Å². The van der Waals surface area contributed by atoms with E-state index in [1.54, 1.807) is 0 Å². The van der Waals surface area contributed by atoms with Crippen LogP contribution in [0.5, 0.6) is 0 Å². The van der Waals surface area contributed by atoms with Gasteiger partial charge in [0.1, 0.15) is 6.54 Å². The van der Waals surface area contributed by atoms with Crippen molar-refractivity contribution in [1.29, 1.82) is 0 Å². The van der Waals surface area contributed by atoms with Gasteiger partial charge in [0, 0.05) is 25.8 Å². The third-order valence-electron chi connectivity index (χ3n) is 3.43. The van der Waals surface area contributed by atoms with Crippen molar-refractivity contribution < 1.29 is 14.4 Å². The lowest BCUT2D eigenvalue weighted by atomic mass is 10.3. The molecule has 0 aromatic heterocycles. The molecule has 0 atom stereocenters. The smallest absolute Gasteiger partial charge is 0.307 e. The highest BCUT2D eigenvalue weighted by Crippen LogP contribution is 2.29. The van der Waals surface area contributed by atoms with Gasteiger partial charge >= 0.3 is 12.1 Å². The predicted molar refractivity (Wildman–Crippen MR) is 102 cm³/mol. The van der Waals surface area contributed by atoms with Crippen molar-refractivity contribution in [2.24, 2.45) is 0 Å². The molecule has 3 rings (SSSR count). The van der Waals surface area contributed by atoms with Crippen molar-refractivity contribution in [3.8, 4) is 0 Å². The van der Waals surface area contributed by atoms with E-state index >= 15 is 0 Å². The normalized spacial score (nSPS) is 14.2. The Morgan fingerprint density at radius 2 is 1.35 bits per heavy atom. The molecule has 2 aromatic carbocycles. The second-order valence-corrected chi connectivity index (χ2v) is 7.06. The molecule has 1 aliphatic rings. The summed E-state index contributed by atoms with van der Waals surface area (Å²) in [5.41, 5.74) is 0.468. The number of rotatable bonds is 2. The maximum absolute atomic E-state index is 12.5. The molecule has 0 unspecified atom stereocenters. The molecule has 0 spiro atoms. The van der Waals surface area contributed by atoms with Gasteiger partial charge in [-0.05, 0) is 36.4 Å². The summed E-state index contributed by atoms with van der Waals surface area (Å²) in [4.78, 5) is 38.7. The fourth-order valence-corrected chi connectivity index (χ4v) is 3.44. The number of nitrogens with one attached hydrogen (secondary N) is 1. The summed E-state index contributed by atoms with van der Waals surface area (Å²) >= 11 is 23.6. The molecule has 1 heterocycles. The summed E-state index contributed by atoms with van der Waals surface area (Å²) in [7, 11) is 0. The van der Waals surface area contributed by atoms with Gasteiger partial charge in [0.2, 0.25) is 0 Å². The Balaban J connectivity index is 1.82. The first kappa shape index (κ1) is 18.8. The Bertz CT molecular complexity index is 894. The highest BCUT2D eigenvalue weighted by molar-refractivity contribution is 6.36. The lowest BCUT2D eigenvalue weighted by Gasteiger charge is -2.17. The lowest BCUT2D eigenvalue weighted by molar-refractivity contribution is -0.116. The Morgan fingerprint density at radius 3 is 1.88 bits per heavy atom. The van der Waals surface area contributed by atoms with Gasteiger partial charge in [0.05, 0.1) is 5.69 Å². The van der Waals surface area contributed by atoms with Crippen LogP contribution in [0, 0.1) is 0 Å². The van der Waals surface area contributed by atoms with Gasteiger partial charge in [0.15, 0.2) is 0 Å². The molecule has 1 N–H and O–H groups in total. The molecule has 26 heavy (non-hydrogen) atoms. The van der Waals surface area contributed by atoms with Crippen molar-refractivity contribution in [3.05, 3.63) is 56.5 Å². The first-order chi connectivity index (χ1) is 12.2. The average molecular weight is 433 g/mol. The van der Waals surface area contributed by atoms with E-state index in [0.29, 0.717) is 10.0 Å². The fraction of sp³-hybridized carbons (Fsp3) is 0.0625. The summed E-state index contributed by atoms with van der Waals surface area (Å²) in [5, 5.41) is 3.61. The summed E-state index contributed by atoms with van der Waals surface area (Å²) in [6.45, 7) is -0.427. The number of carbonyl (C=O) groups excluding carboxylic acids is 3. The van der Waals surface area contributed by atoms with Crippen LogP contribution in [0.15, 0.2) is 36.4 Å². The Morgan fingerprint density at radius 1 is 0.846 bits per heavy atom. The van der Waals surface area contributed by atoms with Crippen LogP contribution in [-0.2, 0) is 4.79 Å². The number of hydrogen-bond donors (Lipinski definition) is 1. The van der Waals surface area contributed by atoms with E-state index in [1.807, 2.05) is 0 Å². The van der Waals surface area contributed by atoms with Crippen LogP contribution in [0.1, 0.15) is 0 Å². The molecule has 1 saturated heterocycles. The third kappa shape index (κ3) is 3.88. The minimum absolute atomic E-state index is 0.179. The molecule has 0 saturated carbocycles. The second kappa shape index (κ2) is 7.32. The van der Waals surface area contributed by atoms with E-state index in [0.717, 1.165) is 9.80 Å². The first-order valence-electron chi connectivity index (χ1n) is 7.12. The molecule has 1 fully saturated rings. The van der Waals surface area contributed by atoms with Crippen molar-refractivity contribution in [2.45, 2.75) is 0 Å². The molecule has 6 nitrogen and oxygen atoms in total. The second-order valence-electron chi connectivity index (χ2n) is 5.31. The van der Waals surface area contributed by atoms with Crippen LogP contribution >= 0.6 is 46.4 Å². The monoisotopic (exact) mass is 431 g/mol. The average Bonchev–Trinajstić information content (AvgIpc) is 2.80. The molecule has 0 radical (unpaired) electrons. The number of hydrogen-bond acceptors (Lipinski definition) is 3. The van der Waals surface area contributed by atoms with Crippen molar-refractivity contribution in [2.75, 3.05) is 16.8 Å². The van der Waals surface area contributed by atoms with Crippen LogP contribution in [-0.4, -0.2) is 29.4 Å². The maximum atomic E-state index is 12.5. The first-order valence-corrected chi connectivity index (χ1v) is 8.63. The number of benzene rings is 2.